The minimum Gasteiger partial charge on any atom is -0.247 e. The van der Waals surface area contributed by atoms with Gasteiger partial charge in [-0.05, 0) is 36.5 Å². The van der Waals surface area contributed by atoms with Crippen molar-refractivity contribution >= 4 is 10.0 Å². The predicted molar refractivity (Wildman–Crippen MR) is 90.3 cm³/mol. The Morgan fingerprint density at radius 2 is 1.79 bits per heavy atom. The van der Waals surface area contributed by atoms with E-state index in [1.807, 2.05) is 23.0 Å². The normalized spacial score (nSPS) is 19.6. The number of rotatable bonds is 5. The van der Waals surface area contributed by atoms with Crippen molar-refractivity contribution in [2.75, 3.05) is 13.1 Å². The van der Waals surface area contributed by atoms with E-state index in [4.69, 9.17) is 0 Å². The Labute approximate surface area is 142 Å². The monoisotopic (exact) mass is 346 g/mol. The molecule has 0 spiro atoms. The molecule has 0 unspecified atom stereocenters. The fourth-order valence-electron chi connectivity index (χ4n) is 2.99. The largest absolute Gasteiger partial charge is 0.247 e. The number of benzene rings is 1. The summed E-state index contributed by atoms with van der Waals surface area (Å²) >= 11 is 0. The van der Waals surface area contributed by atoms with Crippen LogP contribution in [0.2, 0.25) is 0 Å². The molecule has 24 heavy (non-hydrogen) atoms. The quantitative estimate of drug-likeness (QED) is 0.834. The van der Waals surface area contributed by atoms with Crippen LogP contribution in [0.4, 0.5) is 0 Å². The van der Waals surface area contributed by atoms with E-state index >= 15 is 0 Å². The minimum atomic E-state index is -3.41. The Hall–Kier alpha value is -1.73. The van der Waals surface area contributed by atoms with Crippen molar-refractivity contribution in [3.8, 4) is 0 Å². The summed E-state index contributed by atoms with van der Waals surface area (Å²) in [4.78, 5) is 0.364. The topological polar surface area (TPSA) is 68.1 Å². The van der Waals surface area contributed by atoms with Crippen molar-refractivity contribution in [2.45, 2.75) is 49.5 Å². The van der Waals surface area contributed by atoms with Crippen LogP contribution >= 0.6 is 0 Å². The van der Waals surface area contributed by atoms with Gasteiger partial charge in [-0.1, -0.05) is 31.2 Å². The number of sulfonamides is 1. The van der Waals surface area contributed by atoms with Crippen LogP contribution in [-0.4, -0.2) is 40.8 Å². The van der Waals surface area contributed by atoms with Gasteiger partial charge in [0.25, 0.3) is 0 Å². The molecule has 2 aromatic rings. The van der Waals surface area contributed by atoms with Crippen LogP contribution in [0.3, 0.4) is 0 Å². The van der Waals surface area contributed by atoms with Crippen molar-refractivity contribution in [1.82, 2.24) is 19.3 Å². The molecule has 1 aliphatic carbocycles. The molecule has 1 aromatic carbocycles. The fraction of sp³-hybridized carbons (Fsp3) is 0.529. The summed E-state index contributed by atoms with van der Waals surface area (Å²) in [5.74, 6) is 0.959. The average Bonchev–Trinajstić information content (AvgIpc) is 3.25. The highest BCUT2D eigenvalue weighted by molar-refractivity contribution is 7.89. The van der Waals surface area contributed by atoms with E-state index < -0.39 is 10.0 Å². The van der Waals surface area contributed by atoms with Crippen LogP contribution in [0.5, 0.6) is 0 Å². The third kappa shape index (κ3) is 2.75. The Morgan fingerprint density at radius 3 is 2.38 bits per heavy atom. The van der Waals surface area contributed by atoms with E-state index in [9.17, 15) is 8.42 Å². The molecule has 1 aliphatic heterocycles. The molecule has 4 rings (SSSR count). The van der Waals surface area contributed by atoms with Gasteiger partial charge in [0.05, 0.1) is 16.6 Å². The third-order valence-electron chi connectivity index (χ3n) is 4.91. The minimum absolute atomic E-state index is 0.0923. The first-order chi connectivity index (χ1) is 11.4. The molecule has 7 heteroatoms. The Balaban J connectivity index is 1.44. The van der Waals surface area contributed by atoms with Crippen LogP contribution < -0.4 is 0 Å². The lowest BCUT2D eigenvalue weighted by atomic mass is 10.0. The SMILES string of the molecule is CC(C)c1ccc(S(=O)(=O)N2CC(n3cc(C4CC4)nn3)C2)cc1. The second kappa shape index (κ2) is 5.67. The van der Waals surface area contributed by atoms with Crippen LogP contribution in [0.25, 0.3) is 0 Å². The highest BCUT2D eigenvalue weighted by atomic mass is 32.2. The second-order valence-electron chi connectivity index (χ2n) is 7.10. The van der Waals surface area contributed by atoms with Crippen LogP contribution in [0.1, 0.15) is 55.8 Å². The molecule has 2 heterocycles. The van der Waals surface area contributed by atoms with Gasteiger partial charge in [0.1, 0.15) is 0 Å². The molecule has 0 amide bonds. The van der Waals surface area contributed by atoms with Crippen LogP contribution in [0, 0.1) is 0 Å². The van der Waals surface area contributed by atoms with Gasteiger partial charge in [0, 0.05) is 25.2 Å². The first-order valence-electron chi connectivity index (χ1n) is 8.47. The van der Waals surface area contributed by atoms with Crippen molar-refractivity contribution in [3.05, 3.63) is 41.7 Å². The molecule has 0 atom stereocenters. The summed E-state index contributed by atoms with van der Waals surface area (Å²) < 4.78 is 28.7. The number of hydrogen-bond donors (Lipinski definition) is 0. The summed E-state index contributed by atoms with van der Waals surface area (Å²) in [6.45, 7) is 5.11. The molecule has 1 saturated carbocycles. The first kappa shape index (κ1) is 15.8. The van der Waals surface area contributed by atoms with Crippen molar-refractivity contribution in [2.24, 2.45) is 0 Å². The Bertz CT molecular complexity index is 832. The van der Waals surface area contributed by atoms with Gasteiger partial charge in [0.15, 0.2) is 0 Å². The van der Waals surface area contributed by atoms with Crippen molar-refractivity contribution in [1.29, 1.82) is 0 Å². The summed E-state index contributed by atoms with van der Waals surface area (Å²) in [5, 5.41) is 8.36. The zero-order valence-electron chi connectivity index (χ0n) is 14.0. The lowest BCUT2D eigenvalue weighted by Gasteiger charge is -2.37. The van der Waals surface area contributed by atoms with Gasteiger partial charge in [-0.25, -0.2) is 13.1 Å². The highest BCUT2D eigenvalue weighted by Crippen LogP contribution is 2.39. The summed E-state index contributed by atoms with van der Waals surface area (Å²) in [7, 11) is -3.41. The maximum Gasteiger partial charge on any atom is 0.243 e. The number of hydrogen-bond acceptors (Lipinski definition) is 4. The molecule has 1 aromatic heterocycles. The zero-order valence-corrected chi connectivity index (χ0v) is 14.8. The van der Waals surface area contributed by atoms with Gasteiger partial charge in [-0.3, -0.25) is 0 Å². The predicted octanol–water partition coefficient (Wildman–Crippen LogP) is 2.52. The number of nitrogens with zero attached hydrogens (tertiary/aromatic N) is 4. The molecule has 0 N–H and O–H groups in total. The Morgan fingerprint density at radius 1 is 1.12 bits per heavy atom. The van der Waals surface area contributed by atoms with Crippen LogP contribution in [-0.2, 0) is 10.0 Å². The van der Waals surface area contributed by atoms with Gasteiger partial charge >= 0.3 is 0 Å². The molecule has 0 bridgehead atoms. The summed E-state index contributed by atoms with van der Waals surface area (Å²) in [5.41, 5.74) is 2.19. The fourth-order valence-corrected chi connectivity index (χ4v) is 4.50. The highest BCUT2D eigenvalue weighted by Gasteiger charge is 2.39. The summed E-state index contributed by atoms with van der Waals surface area (Å²) in [6, 6.07) is 7.30. The van der Waals surface area contributed by atoms with E-state index in [-0.39, 0.29) is 6.04 Å². The standard InChI is InChI=1S/C17H22N4O2S/c1-12(2)13-5-7-16(8-6-13)24(22,23)20-9-15(10-20)21-11-17(18-19-21)14-3-4-14/h5-8,11-12,14-15H,3-4,9-10H2,1-2H3. The lowest BCUT2D eigenvalue weighted by molar-refractivity contribution is 0.189. The maximum absolute atomic E-state index is 12.7. The molecule has 128 valence electrons. The first-order valence-corrected chi connectivity index (χ1v) is 9.91. The third-order valence-corrected chi connectivity index (χ3v) is 6.76. The van der Waals surface area contributed by atoms with Crippen molar-refractivity contribution in [3.63, 3.8) is 0 Å². The van der Waals surface area contributed by atoms with E-state index in [1.54, 1.807) is 12.1 Å². The molecular formula is C17H22N4O2S. The van der Waals surface area contributed by atoms with Gasteiger partial charge in [-0.2, -0.15) is 4.31 Å². The molecule has 2 aliphatic rings. The van der Waals surface area contributed by atoms with E-state index in [0.29, 0.717) is 29.8 Å². The molecular weight excluding hydrogens is 324 g/mol. The van der Waals surface area contributed by atoms with Gasteiger partial charge < -0.3 is 0 Å². The van der Waals surface area contributed by atoms with Gasteiger partial charge in [0.2, 0.25) is 10.0 Å². The smallest absolute Gasteiger partial charge is 0.243 e. The van der Waals surface area contributed by atoms with Crippen LogP contribution in [0.15, 0.2) is 35.4 Å². The Kier molecular flexibility index (Phi) is 3.73. The molecule has 1 saturated heterocycles. The molecule has 2 fully saturated rings. The molecule has 6 nitrogen and oxygen atoms in total. The average molecular weight is 346 g/mol. The van der Waals surface area contributed by atoms with E-state index in [0.717, 1.165) is 11.3 Å². The molecule has 0 radical (unpaired) electrons. The summed E-state index contributed by atoms with van der Waals surface area (Å²) in [6.07, 6.45) is 4.36. The van der Waals surface area contributed by atoms with Gasteiger partial charge in [-0.15, -0.1) is 5.10 Å². The zero-order chi connectivity index (χ0) is 16.9. The lowest BCUT2D eigenvalue weighted by Crippen LogP contribution is -2.50. The van der Waals surface area contributed by atoms with E-state index in [1.165, 1.54) is 17.1 Å². The van der Waals surface area contributed by atoms with E-state index in [2.05, 4.69) is 24.2 Å². The number of aromatic nitrogens is 3. The van der Waals surface area contributed by atoms with Crippen molar-refractivity contribution < 1.29 is 8.42 Å². The maximum atomic E-state index is 12.7. The second-order valence-corrected chi connectivity index (χ2v) is 9.04.